The zero-order valence-corrected chi connectivity index (χ0v) is 18.6. The molecule has 1 saturated carbocycles. The number of guanidine groups is 1. The van der Waals surface area contributed by atoms with Crippen molar-refractivity contribution < 1.29 is 4.79 Å². The maximum atomic E-state index is 11.9. The van der Waals surface area contributed by atoms with Crippen LogP contribution in [0.3, 0.4) is 0 Å². The van der Waals surface area contributed by atoms with E-state index < -0.39 is 0 Å². The number of rotatable bonds is 7. The summed E-state index contributed by atoms with van der Waals surface area (Å²) in [5, 5.41) is 9.75. The Hall–Kier alpha value is -1.31. The monoisotopic (exact) mass is 484 g/mol. The van der Waals surface area contributed by atoms with E-state index in [1.54, 1.807) is 7.05 Å². The number of nitrogens with zero attached hydrogens (tertiary/aromatic N) is 1. The first-order chi connectivity index (χ1) is 12.8. The minimum absolute atomic E-state index is 0. The van der Waals surface area contributed by atoms with Crippen molar-refractivity contribution in [2.24, 2.45) is 10.9 Å². The van der Waals surface area contributed by atoms with Crippen LogP contribution in [0.15, 0.2) is 29.3 Å². The number of unbranched alkanes of at least 4 members (excludes halogenated alkanes) is 1. The lowest BCUT2D eigenvalue weighted by Crippen LogP contribution is -2.41. The van der Waals surface area contributed by atoms with E-state index in [4.69, 9.17) is 0 Å². The Bertz CT molecular complexity index is 628. The molecule has 0 aromatic heterocycles. The first-order valence-corrected chi connectivity index (χ1v) is 10.1. The number of amides is 1. The molecule has 0 saturated heterocycles. The van der Waals surface area contributed by atoms with Crippen LogP contribution < -0.4 is 16.0 Å². The number of anilines is 1. The summed E-state index contributed by atoms with van der Waals surface area (Å²) < 4.78 is 0. The van der Waals surface area contributed by atoms with Gasteiger partial charge < -0.3 is 16.0 Å². The fourth-order valence-electron chi connectivity index (χ4n) is 4.19. The van der Waals surface area contributed by atoms with Crippen LogP contribution in [0, 0.1) is 5.92 Å². The van der Waals surface area contributed by atoms with Gasteiger partial charge in [-0.2, -0.15) is 0 Å². The summed E-state index contributed by atoms with van der Waals surface area (Å²) in [5.41, 5.74) is 2.14. The van der Waals surface area contributed by atoms with Crippen LogP contribution in [0.5, 0.6) is 0 Å². The Labute approximate surface area is 180 Å². The van der Waals surface area contributed by atoms with Crippen molar-refractivity contribution in [3.05, 3.63) is 29.8 Å². The molecule has 1 atom stereocenters. The van der Waals surface area contributed by atoms with E-state index in [1.807, 2.05) is 18.2 Å². The predicted octanol–water partition coefficient (Wildman–Crippen LogP) is 4.26. The van der Waals surface area contributed by atoms with Crippen molar-refractivity contribution >= 4 is 41.5 Å². The summed E-state index contributed by atoms with van der Waals surface area (Å²) in [7, 11) is 1.80. The average Bonchev–Trinajstić information content (AvgIpc) is 3.17. The number of nitrogens with one attached hydrogen (secondary N) is 3. The topological polar surface area (TPSA) is 65.5 Å². The number of hydrogen-bond acceptors (Lipinski definition) is 2. The fraction of sp³-hybridized carbons (Fsp3) is 0.619. The molecule has 0 radical (unpaired) electrons. The van der Waals surface area contributed by atoms with Crippen molar-refractivity contribution in [1.29, 1.82) is 0 Å². The number of aliphatic imine (C=N–C) groups is 1. The lowest BCUT2D eigenvalue weighted by atomic mass is 9.90. The zero-order chi connectivity index (χ0) is 18.2. The Morgan fingerprint density at radius 3 is 2.74 bits per heavy atom. The second-order valence-corrected chi connectivity index (χ2v) is 7.56. The minimum atomic E-state index is 0. The molecule has 3 N–H and O–H groups in total. The molecule has 2 aliphatic rings. The van der Waals surface area contributed by atoms with Crippen LogP contribution in [0.1, 0.15) is 62.8 Å². The first-order valence-electron chi connectivity index (χ1n) is 10.1. The fourth-order valence-corrected chi connectivity index (χ4v) is 4.19. The van der Waals surface area contributed by atoms with E-state index in [0.29, 0.717) is 13.0 Å². The quantitative estimate of drug-likeness (QED) is 0.235. The van der Waals surface area contributed by atoms with Crippen LogP contribution in [-0.2, 0) is 4.79 Å². The molecule has 1 unspecified atom stereocenters. The van der Waals surface area contributed by atoms with Crippen LogP contribution in [0.4, 0.5) is 5.69 Å². The van der Waals surface area contributed by atoms with Crippen molar-refractivity contribution in [1.82, 2.24) is 10.6 Å². The second kappa shape index (κ2) is 11.5. The molecule has 1 aromatic carbocycles. The maximum absolute atomic E-state index is 11.9. The number of fused-ring (bicyclic) bond motifs is 1. The molecular formula is C21H33IN4O. The molecule has 1 aliphatic carbocycles. The third-order valence-corrected chi connectivity index (χ3v) is 5.65. The molecule has 27 heavy (non-hydrogen) atoms. The van der Waals surface area contributed by atoms with Gasteiger partial charge in [0.05, 0.1) is 0 Å². The summed E-state index contributed by atoms with van der Waals surface area (Å²) in [6.45, 7) is 1.67. The molecule has 1 aliphatic heterocycles. The Balaban J connectivity index is 0.00000261. The average molecular weight is 484 g/mol. The molecule has 6 heteroatoms. The van der Waals surface area contributed by atoms with Gasteiger partial charge in [0.1, 0.15) is 0 Å². The van der Waals surface area contributed by atoms with Gasteiger partial charge in [0.2, 0.25) is 5.91 Å². The highest BCUT2D eigenvalue weighted by molar-refractivity contribution is 14.0. The molecule has 5 nitrogen and oxygen atoms in total. The zero-order valence-electron chi connectivity index (χ0n) is 16.3. The van der Waals surface area contributed by atoms with E-state index in [0.717, 1.165) is 24.1 Å². The smallest absolute Gasteiger partial charge is 0.225 e. The molecule has 150 valence electrons. The summed E-state index contributed by atoms with van der Waals surface area (Å²) in [5.74, 6) is 2.07. The predicted molar refractivity (Wildman–Crippen MR) is 123 cm³/mol. The standard InChI is InChI=1S/C21H32N4O.HI/c1-22-21(23-13-7-6-10-16-8-2-3-9-16)24-15-17-14-20(26)25-19-12-5-4-11-18(17)19;/h4-5,11-12,16-17H,2-3,6-10,13-15H2,1H3,(H,25,26)(H2,22,23,24);1H. The molecule has 1 fully saturated rings. The summed E-state index contributed by atoms with van der Waals surface area (Å²) in [6.07, 6.45) is 10.1. The lowest BCUT2D eigenvalue weighted by molar-refractivity contribution is -0.116. The normalized spacial score (nSPS) is 19.8. The van der Waals surface area contributed by atoms with Gasteiger partial charge in [0.25, 0.3) is 0 Å². The maximum Gasteiger partial charge on any atom is 0.225 e. The van der Waals surface area contributed by atoms with Gasteiger partial charge in [-0.05, 0) is 24.0 Å². The van der Waals surface area contributed by atoms with Gasteiger partial charge in [-0.1, -0.05) is 56.7 Å². The van der Waals surface area contributed by atoms with E-state index in [1.165, 1.54) is 50.5 Å². The van der Waals surface area contributed by atoms with Gasteiger partial charge >= 0.3 is 0 Å². The van der Waals surface area contributed by atoms with Crippen LogP contribution in [0.25, 0.3) is 0 Å². The summed E-state index contributed by atoms with van der Waals surface area (Å²) >= 11 is 0. The van der Waals surface area contributed by atoms with Crippen LogP contribution in [0.2, 0.25) is 0 Å². The number of benzene rings is 1. The lowest BCUT2D eigenvalue weighted by Gasteiger charge is -2.26. The number of para-hydroxylation sites is 1. The van der Waals surface area contributed by atoms with Gasteiger partial charge in [0, 0.05) is 38.2 Å². The Kier molecular flexibility index (Phi) is 9.38. The van der Waals surface area contributed by atoms with Crippen molar-refractivity contribution in [3.63, 3.8) is 0 Å². The number of halogens is 1. The number of carbonyl (C=O) groups is 1. The van der Waals surface area contributed by atoms with Gasteiger partial charge in [-0.25, -0.2) is 0 Å². The number of carbonyl (C=O) groups excluding carboxylic acids is 1. The Morgan fingerprint density at radius 1 is 1.19 bits per heavy atom. The van der Waals surface area contributed by atoms with Crippen molar-refractivity contribution in [3.8, 4) is 0 Å². The number of hydrogen-bond donors (Lipinski definition) is 3. The third kappa shape index (κ3) is 6.66. The summed E-state index contributed by atoms with van der Waals surface area (Å²) in [4.78, 5) is 16.2. The van der Waals surface area contributed by atoms with E-state index in [9.17, 15) is 4.79 Å². The molecule has 1 amide bonds. The van der Waals surface area contributed by atoms with Crippen LogP contribution in [-0.4, -0.2) is 32.0 Å². The van der Waals surface area contributed by atoms with Gasteiger partial charge in [-0.15, -0.1) is 24.0 Å². The van der Waals surface area contributed by atoms with Gasteiger partial charge in [0.15, 0.2) is 5.96 Å². The van der Waals surface area contributed by atoms with Crippen molar-refractivity contribution in [2.75, 3.05) is 25.5 Å². The molecule has 1 heterocycles. The molecular weight excluding hydrogens is 451 g/mol. The van der Waals surface area contributed by atoms with E-state index in [2.05, 4.69) is 27.0 Å². The SMILES string of the molecule is CN=C(NCCCCC1CCCC1)NCC1CC(=O)Nc2ccccc21.I. The van der Waals surface area contributed by atoms with Crippen LogP contribution >= 0.6 is 24.0 Å². The van der Waals surface area contributed by atoms with Crippen molar-refractivity contribution in [2.45, 2.75) is 57.3 Å². The first kappa shape index (κ1) is 22.0. The summed E-state index contributed by atoms with van der Waals surface area (Å²) in [6, 6.07) is 8.05. The minimum Gasteiger partial charge on any atom is -0.356 e. The molecule has 3 rings (SSSR count). The van der Waals surface area contributed by atoms with E-state index in [-0.39, 0.29) is 35.8 Å². The van der Waals surface area contributed by atoms with E-state index >= 15 is 0 Å². The molecule has 0 bridgehead atoms. The Morgan fingerprint density at radius 2 is 1.96 bits per heavy atom. The largest absolute Gasteiger partial charge is 0.356 e. The molecule has 1 aromatic rings. The second-order valence-electron chi connectivity index (χ2n) is 7.56. The highest BCUT2D eigenvalue weighted by Gasteiger charge is 2.24. The molecule has 0 spiro atoms. The third-order valence-electron chi connectivity index (χ3n) is 5.65. The highest BCUT2D eigenvalue weighted by Crippen LogP contribution is 2.31. The highest BCUT2D eigenvalue weighted by atomic mass is 127. The van der Waals surface area contributed by atoms with Gasteiger partial charge in [-0.3, -0.25) is 9.79 Å².